The molecular formula is C19H26BrNO2. The lowest BCUT2D eigenvalue weighted by Gasteiger charge is -2.52. The van der Waals surface area contributed by atoms with E-state index in [1.54, 1.807) is 6.92 Å². The Balaban J connectivity index is 1.88. The van der Waals surface area contributed by atoms with Crippen molar-refractivity contribution in [3.63, 3.8) is 0 Å². The van der Waals surface area contributed by atoms with E-state index in [0.29, 0.717) is 11.8 Å². The van der Waals surface area contributed by atoms with Gasteiger partial charge in [-0.05, 0) is 43.4 Å². The van der Waals surface area contributed by atoms with Crippen molar-refractivity contribution in [1.82, 2.24) is 5.32 Å². The highest BCUT2D eigenvalue weighted by Gasteiger charge is 2.49. The summed E-state index contributed by atoms with van der Waals surface area (Å²) in [6.45, 7) is 6.13. The molecule has 1 aliphatic carbocycles. The van der Waals surface area contributed by atoms with Crippen molar-refractivity contribution in [3.8, 4) is 0 Å². The van der Waals surface area contributed by atoms with Gasteiger partial charge in [0.2, 0.25) is 5.91 Å². The Hall–Kier alpha value is -0.870. The van der Waals surface area contributed by atoms with Crippen molar-refractivity contribution in [2.75, 3.05) is 0 Å². The van der Waals surface area contributed by atoms with E-state index < -0.39 is 0 Å². The molecule has 1 saturated heterocycles. The zero-order chi connectivity index (χ0) is 16.6. The number of nitrogens with one attached hydrogen (secondary N) is 1. The fraction of sp³-hybridized carbons (Fsp3) is 0.632. The molecule has 0 unspecified atom stereocenters. The molecule has 1 aromatic carbocycles. The number of rotatable bonds is 2. The molecule has 3 nitrogen and oxygen atoms in total. The zero-order valence-corrected chi connectivity index (χ0v) is 15.7. The van der Waals surface area contributed by atoms with Crippen LogP contribution in [0.5, 0.6) is 0 Å². The van der Waals surface area contributed by atoms with Crippen molar-refractivity contribution in [2.24, 2.45) is 11.8 Å². The quantitative estimate of drug-likeness (QED) is 0.814. The second kappa shape index (κ2) is 6.56. The molecule has 1 heterocycles. The van der Waals surface area contributed by atoms with Crippen LogP contribution in [-0.2, 0) is 9.53 Å². The van der Waals surface area contributed by atoms with Crippen LogP contribution >= 0.6 is 15.9 Å². The van der Waals surface area contributed by atoms with E-state index in [2.05, 4.69) is 59.4 Å². The summed E-state index contributed by atoms with van der Waals surface area (Å²) in [5.74, 6) is 1.16. The van der Waals surface area contributed by atoms with Gasteiger partial charge in [-0.1, -0.05) is 41.4 Å². The fourth-order valence-corrected chi connectivity index (χ4v) is 4.69. The maximum absolute atomic E-state index is 11.8. The minimum atomic E-state index is -0.188. The first-order valence-electron chi connectivity index (χ1n) is 8.57. The minimum Gasteiger partial charge on any atom is -0.370 e. The van der Waals surface area contributed by atoms with Crippen LogP contribution in [-0.4, -0.2) is 17.6 Å². The Morgan fingerprint density at radius 2 is 2.00 bits per heavy atom. The van der Waals surface area contributed by atoms with E-state index >= 15 is 0 Å². The van der Waals surface area contributed by atoms with Crippen molar-refractivity contribution < 1.29 is 9.53 Å². The van der Waals surface area contributed by atoms with Gasteiger partial charge < -0.3 is 10.1 Å². The number of hydrogen-bond donors (Lipinski definition) is 1. The standard InChI is InChI=1S/C19H26BrNO2/c1-12-4-9-16-17(10-12)23-18(11-19(16,3)21-13(2)22)14-5-7-15(20)8-6-14/h5-8,12,16-18H,4,9-11H2,1-3H3,(H,21,22)/t12-,16-,17-,18-,19+/m1/s1. The highest BCUT2D eigenvalue weighted by Crippen LogP contribution is 2.47. The number of benzene rings is 1. The number of amides is 1. The smallest absolute Gasteiger partial charge is 0.217 e. The van der Waals surface area contributed by atoms with Gasteiger partial charge in [0.05, 0.1) is 12.2 Å². The fourth-order valence-electron chi connectivity index (χ4n) is 4.42. The molecule has 1 aromatic rings. The summed E-state index contributed by atoms with van der Waals surface area (Å²) in [4.78, 5) is 11.8. The molecular weight excluding hydrogens is 354 g/mol. The largest absolute Gasteiger partial charge is 0.370 e. The Bertz CT molecular complexity index is 573. The van der Waals surface area contributed by atoms with Gasteiger partial charge in [0.1, 0.15) is 0 Å². The number of hydrogen-bond acceptors (Lipinski definition) is 2. The van der Waals surface area contributed by atoms with Crippen molar-refractivity contribution in [2.45, 2.75) is 64.2 Å². The van der Waals surface area contributed by atoms with Crippen LogP contribution < -0.4 is 5.32 Å². The summed E-state index contributed by atoms with van der Waals surface area (Å²) in [6, 6.07) is 8.36. The molecule has 0 bridgehead atoms. The lowest BCUT2D eigenvalue weighted by Crippen LogP contribution is -2.60. The predicted molar refractivity (Wildman–Crippen MR) is 95.1 cm³/mol. The number of halogens is 1. The van der Waals surface area contributed by atoms with Gasteiger partial charge in [0, 0.05) is 29.3 Å². The number of carbonyl (C=O) groups excluding carboxylic acids is 1. The van der Waals surface area contributed by atoms with Crippen molar-refractivity contribution in [1.29, 1.82) is 0 Å². The summed E-state index contributed by atoms with van der Waals surface area (Å²) >= 11 is 3.49. The average Bonchev–Trinajstić information content (AvgIpc) is 2.46. The van der Waals surface area contributed by atoms with Crippen LogP contribution in [0.4, 0.5) is 0 Å². The molecule has 2 aliphatic rings. The Labute approximate surface area is 147 Å². The van der Waals surface area contributed by atoms with Crippen LogP contribution in [0, 0.1) is 11.8 Å². The second-order valence-electron chi connectivity index (χ2n) is 7.54. The lowest BCUT2D eigenvalue weighted by molar-refractivity contribution is -0.153. The molecule has 1 N–H and O–H groups in total. The maximum Gasteiger partial charge on any atom is 0.217 e. The summed E-state index contributed by atoms with van der Waals surface area (Å²) in [7, 11) is 0. The third kappa shape index (κ3) is 3.63. The van der Waals surface area contributed by atoms with E-state index in [9.17, 15) is 4.79 Å². The van der Waals surface area contributed by atoms with E-state index in [0.717, 1.165) is 23.7 Å². The van der Waals surface area contributed by atoms with Crippen LogP contribution in [0.25, 0.3) is 0 Å². The third-order valence-electron chi connectivity index (χ3n) is 5.52. The monoisotopic (exact) mass is 379 g/mol. The first kappa shape index (κ1) is 17.0. The molecule has 3 rings (SSSR count). The van der Waals surface area contributed by atoms with E-state index in [1.807, 2.05) is 0 Å². The topological polar surface area (TPSA) is 38.3 Å². The Morgan fingerprint density at radius 3 is 2.65 bits per heavy atom. The maximum atomic E-state index is 11.8. The molecule has 5 atom stereocenters. The molecule has 0 aromatic heterocycles. The van der Waals surface area contributed by atoms with Gasteiger partial charge in [-0.3, -0.25) is 4.79 Å². The minimum absolute atomic E-state index is 0.0477. The van der Waals surface area contributed by atoms with Gasteiger partial charge in [0.25, 0.3) is 0 Å². The second-order valence-corrected chi connectivity index (χ2v) is 8.46. The molecule has 23 heavy (non-hydrogen) atoms. The first-order chi connectivity index (χ1) is 10.9. The number of fused-ring (bicyclic) bond motifs is 1. The zero-order valence-electron chi connectivity index (χ0n) is 14.1. The Morgan fingerprint density at radius 1 is 1.30 bits per heavy atom. The average molecular weight is 380 g/mol. The normalized spacial score (nSPS) is 37.0. The number of carbonyl (C=O) groups is 1. The van der Waals surface area contributed by atoms with Crippen molar-refractivity contribution >= 4 is 21.8 Å². The predicted octanol–water partition coefficient (Wildman–Crippen LogP) is 4.61. The summed E-state index contributed by atoms with van der Waals surface area (Å²) in [6.07, 6.45) is 4.57. The first-order valence-corrected chi connectivity index (χ1v) is 9.36. The van der Waals surface area contributed by atoms with E-state index in [-0.39, 0.29) is 23.7 Å². The molecule has 0 spiro atoms. The summed E-state index contributed by atoms with van der Waals surface area (Å²) in [5, 5.41) is 3.26. The van der Waals surface area contributed by atoms with Crippen LogP contribution in [0.2, 0.25) is 0 Å². The highest BCUT2D eigenvalue weighted by molar-refractivity contribution is 9.10. The molecule has 2 fully saturated rings. The summed E-state index contributed by atoms with van der Waals surface area (Å²) in [5.41, 5.74) is 1.01. The third-order valence-corrected chi connectivity index (χ3v) is 6.05. The van der Waals surface area contributed by atoms with E-state index in [1.165, 1.54) is 12.0 Å². The molecule has 126 valence electrons. The van der Waals surface area contributed by atoms with Crippen LogP contribution in [0.1, 0.15) is 58.1 Å². The van der Waals surface area contributed by atoms with Gasteiger partial charge in [-0.15, -0.1) is 0 Å². The SMILES string of the molecule is CC(=O)N[C@@]1(C)C[C@H](c2ccc(Br)cc2)O[C@@H]2C[C@H](C)CC[C@H]21. The molecule has 4 heteroatoms. The van der Waals surface area contributed by atoms with Gasteiger partial charge in [-0.2, -0.15) is 0 Å². The summed E-state index contributed by atoms with van der Waals surface area (Å²) < 4.78 is 7.57. The van der Waals surface area contributed by atoms with Gasteiger partial charge >= 0.3 is 0 Å². The molecule has 1 aliphatic heterocycles. The number of ether oxygens (including phenoxy) is 1. The lowest BCUT2D eigenvalue weighted by atomic mass is 9.66. The molecule has 1 amide bonds. The Kier molecular flexibility index (Phi) is 4.84. The molecule has 1 saturated carbocycles. The van der Waals surface area contributed by atoms with Crippen LogP contribution in [0.3, 0.4) is 0 Å². The molecule has 0 radical (unpaired) electrons. The van der Waals surface area contributed by atoms with E-state index in [4.69, 9.17) is 4.74 Å². The van der Waals surface area contributed by atoms with Gasteiger partial charge in [-0.25, -0.2) is 0 Å². The van der Waals surface area contributed by atoms with Crippen molar-refractivity contribution in [3.05, 3.63) is 34.3 Å². The van der Waals surface area contributed by atoms with Crippen LogP contribution in [0.15, 0.2) is 28.7 Å². The highest BCUT2D eigenvalue weighted by atomic mass is 79.9. The van der Waals surface area contributed by atoms with Gasteiger partial charge in [0.15, 0.2) is 0 Å².